The van der Waals surface area contributed by atoms with Gasteiger partial charge in [0.05, 0.1) is 0 Å². The number of benzene rings is 1. The fourth-order valence-electron chi connectivity index (χ4n) is 1.22. The second-order valence-electron chi connectivity index (χ2n) is 2.41. The van der Waals surface area contributed by atoms with Crippen molar-refractivity contribution in [2.45, 2.75) is 6.92 Å². The maximum absolute atomic E-state index is 3.06. The van der Waals surface area contributed by atoms with Crippen LogP contribution in [0.1, 0.15) is 18.1 Å². The molecular weight excluding hydrogens is 148 g/mol. The third kappa shape index (κ3) is 1.38. The van der Waals surface area contributed by atoms with E-state index in [2.05, 4.69) is 53.3 Å². The van der Waals surface area contributed by atoms with E-state index in [0.29, 0.717) is 0 Å². The molecule has 0 atom stereocenters. The van der Waals surface area contributed by atoms with Crippen molar-refractivity contribution in [3.63, 3.8) is 0 Å². The topological polar surface area (TPSA) is 0 Å². The Morgan fingerprint density at radius 3 is 2.27 bits per heavy atom. The van der Waals surface area contributed by atoms with Gasteiger partial charge in [0.15, 0.2) is 0 Å². The van der Waals surface area contributed by atoms with Crippen LogP contribution in [0.2, 0.25) is 0 Å². The molecule has 1 aromatic rings. The van der Waals surface area contributed by atoms with Crippen molar-refractivity contribution in [2.24, 2.45) is 0 Å². The first-order chi connectivity index (χ1) is 5.38. The summed E-state index contributed by atoms with van der Waals surface area (Å²) >= 11 is 0. The fourth-order valence-corrected chi connectivity index (χ4v) is 1.22. The number of hydrogen-bond acceptors (Lipinski definition) is 0. The Morgan fingerprint density at radius 2 is 1.82 bits per heavy atom. The van der Waals surface area contributed by atoms with Crippen LogP contribution in [0.4, 0.5) is 0 Å². The molecule has 0 saturated carbocycles. The highest BCUT2D eigenvalue weighted by Gasteiger charge is 2.08. The lowest BCUT2D eigenvalue weighted by molar-refractivity contribution is 1.49. The summed E-state index contributed by atoms with van der Waals surface area (Å²) in [6.45, 7) is 2.14. The molecule has 0 aliphatic heterocycles. The number of hydrogen-bond donors (Lipinski definition) is 0. The van der Waals surface area contributed by atoms with Crippen molar-refractivity contribution < 1.29 is 0 Å². The quantitative estimate of drug-likeness (QED) is 0.507. The van der Waals surface area contributed by atoms with Crippen LogP contribution in [0, 0.1) is 0 Å². The molecule has 2 radical (unpaired) electrons. The molecule has 1 heteroatoms. The molecular formula is C10H10Si. The summed E-state index contributed by atoms with van der Waals surface area (Å²) < 4.78 is 0. The third-order valence-electron chi connectivity index (χ3n) is 1.76. The Morgan fingerprint density at radius 1 is 1.18 bits per heavy atom. The van der Waals surface area contributed by atoms with Gasteiger partial charge in [-0.15, -0.1) is 6.17 Å². The molecule has 0 N–H and O–H groups in total. The largest absolute Gasteiger partial charge is 0.118 e. The maximum Gasteiger partial charge on any atom is 0.0209 e. The molecule has 54 valence electrons. The molecule has 11 heavy (non-hydrogen) atoms. The van der Waals surface area contributed by atoms with Crippen molar-refractivity contribution in [2.75, 3.05) is 0 Å². The van der Waals surface area contributed by atoms with E-state index in [-0.39, 0.29) is 0 Å². The Hall–Kier alpha value is -0.953. The second-order valence-corrected chi connectivity index (χ2v) is 2.41. The molecule has 0 bridgehead atoms. The summed E-state index contributed by atoms with van der Waals surface area (Å²) in [7, 11) is 2.72. The van der Waals surface area contributed by atoms with Crippen LogP contribution in [0.5, 0.6) is 0 Å². The molecule has 1 aliphatic rings. The van der Waals surface area contributed by atoms with Crippen LogP contribution in [-0.4, -0.2) is 16.0 Å². The normalized spacial score (nSPS) is 11.5. The first kappa shape index (κ1) is 8.15. The van der Waals surface area contributed by atoms with Crippen LogP contribution in [0.3, 0.4) is 0 Å². The number of allylic oxidation sites excluding steroid dienone is 1. The van der Waals surface area contributed by atoms with Crippen LogP contribution in [0.25, 0.3) is 11.6 Å². The zero-order valence-corrected chi connectivity index (χ0v) is 7.59. The monoisotopic (exact) mass is 158 g/mol. The Balaban J connectivity index is 0.000000281. The van der Waals surface area contributed by atoms with Gasteiger partial charge in [-0.25, -0.2) is 0 Å². The van der Waals surface area contributed by atoms with Gasteiger partial charge in [-0.3, -0.25) is 0 Å². The van der Waals surface area contributed by atoms with Crippen LogP contribution < -0.4 is 0 Å². The molecule has 0 unspecified atom stereocenters. The zero-order chi connectivity index (χ0) is 8.27. The highest BCUT2D eigenvalue weighted by Crippen LogP contribution is 2.30. The van der Waals surface area contributed by atoms with Crippen LogP contribution >= 0.6 is 0 Å². The first-order valence-electron chi connectivity index (χ1n) is 3.51. The zero-order valence-electron chi connectivity index (χ0n) is 6.59. The lowest BCUT2D eigenvalue weighted by Crippen LogP contribution is -1.93. The minimum Gasteiger partial charge on any atom is -0.118 e. The van der Waals surface area contributed by atoms with E-state index in [1.54, 1.807) is 0 Å². The van der Waals surface area contributed by atoms with Gasteiger partial charge < -0.3 is 0 Å². The van der Waals surface area contributed by atoms with Gasteiger partial charge >= 0.3 is 0 Å². The molecule has 0 aromatic heterocycles. The highest BCUT2D eigenvalue weighted by molar-refractivity contribution is 6.18. The standard InChI is InChI=1S/C9H8.CH2Si/c1-7-6-8-4-2-3-5-9(7)8;1-2/h2-6H,1H3;1H2. The van der Waals surface area contributed by atoms with Gasteiger partial charge in [-0.2, -0.15) is 0 Å². The average molecular weight is 158 g/mol. The summed E-state index contributed by atoms with van der Waals surface area (Å²) in [6.07, 6.45) is 5.26. The van der Waals surface area contributed by atoms with E-state index in [1.807, 2.05) is 0 Å². The van der Waals surface area contributed by atoms with Crippen molar-refractivity contribution in [1.29, 1.82) is 0 Å². The first-order valence-corrected chi connectivity index (χ1v) is 4.22. The van der Waals surface area contributed by atoms with Gasteiger partial charge in [0.1, 0.15) is 0 Å². The molecule has 2 rings (SSSR count). The van der Waals surface area contributed by atoms with Crippen molar-refractivity contribution >= 4 is 27.7 Å². The SMILES string of the molecule is C=[Si].CC1=Cc2ccccc21. The van der Waals surface area contributed by atoms with Crippen LogP contribution in [0.15, 0.2) is 24.3 Å². The fraction of sp³-hybridized carbons (Fsp3) is 0.100. The molecule has 1 aliphatic carbocycles. The third-order valence-corrected chi connectivity index (χ3v) is 1.76. The van der Waals surface area contributed by atoms with Gasteiger partial charge in [-0.1, -0.05) is 30.3 Å². The summed E-state index contributed by atoms with van der Waals surface area (Å²) in [5, 5.41) is 0. The van der Waals surface area contributed by atoms with Crippen molar-refractivity contribution in [3.8, 4) is 0 Å². The Bertz CT molecular complexity index is 287. The van der Waals surface area contributed by atoms with E-state index in [9.17, 15) is 0 Å². The van der Waals surface area contributed by atoms with Crippen molar-refractivity contribution in [3.05, 3.63) is 35.4 Å². The molecule has 0 spiro atoms. The second kappa shape index (κ2) is 3.44. The summed E-state index contributed by atoms with van der Waals surface area (Å²) in [5.41, 5.74) is 4.21. The minimum absolute atomic E-state index is 1.38. The van der Waals surface area contributed by atoms with Gasteiger partial charge in [0, 0.05) is 9.85 Å². The van der Waals surface area contributed by atoms with Gasteiger partial charge in [0.25, 0.3) is 0 Å². The number of fused-ring (bicyclic) bond motifs is 1. The lowest BCUT2D eigenvalue weighted by Gasteiger charge is -2.14. The molecule has 0 saturated heterocycles. The molecule has 1 aromatic carbocycles. The maximum atomic E-state index is 3.06. The minimum atomic E-state index is 1.38. The predicted molar refractivity (Wildman–Crippen MR) is 52.9 cm³/mol. The summed E-state index contributed by atoms with van der Waals surface area (Å²) in [5.74, 6) is 0. The summed E-state index contributed by atoms with van der Waals surface area (Å²) in [4.78, 5) is 0. The van der Waals surface area contributed by atoms with Crippen molar-refractivity contribution in [1.82, 2.24) is 0 Å². The van der Waals surface area contributed by atoms with E-state index in [1.165, 1.54) is 16.7 Å². The smallest absolute Gasteiger partial charge is 0.0209 e. The number of rotatable bonds is 0. The molecule has 0 heterocycles. The molecule has 0 amide bonds. The predicted octanol–water partition coefficient (Wildman–Crippen LogP) is 2.15. The van der Waals surface area contributed by atoms with E-state index >= 15 is 0 Å². The highest BCUT2D eigenvalue weighted by atomic mass is 28.1. The summed E-state index contributed by atoms with van der Waals surface area (Å²) in [6, 6.07) is 8.45. The molecule has 0 nitrogen and oxygen atoms in total. The van der Waals surface area contributed by atoms with Gasteiger partial charge in [-0.05, 0) is 23.6 Å². The van der Waals surface area contributed by atoms with E-state index in [4.69, 9.17) is 0 Å². The van der Waals surface area contributed by atoms with E-state index in [0.717, 1.165) is 0 Å². The Labute approximate surface area is 70.6 Å². The lowest BCUT2D eigenvalue weighted by atomic mass is 9.90. The van der Waals surface area contributed by atoms with E-state index < -0.39 is 0 Å². The van der Waals surface area contributed by atoms with Crippen LogP contribution in [-0.2, 0) is 0 Å². The Kier molecular flexibility index (Phi) is 2.55. The van der Waals surface area contributed by atoms with Gasteiger partial charge in [0.2, 0.25) is 0 Å². The average Bonchev–Trinajstić information content (AvgIpc) is 2.07. The molecule has 0 fully saturated rings.